The van der Waals surface area contributed by atoms with Crippen LogP contribution in [0.15, 0.2) is 53.1 Å². The Morgan fingerprint density at radius 2 is 1.80 bits per heavy atom. The number of carbonyl (C=O) groups is 1. The summed E-state index contributed by atoms with van der Waals surface area (Å²) in [6.07, 6.45) is -4.69. The molecule has 2 aromatic carbocycles. The van der Waals surface area contributed by atoms with Crippen molar-refractivity contribution < 1.29 is 26.9 Å². The topological polar surface area (TPSA) is 62.5 Å². The maximum atomic E-state index is 13.8. The van der Waals surface area contributed by atoms with E-state index >= 15 is 0 Å². The van der Waals surface area contributed by atoms with Gasteiger partial charge in [0.2, 0.25) is 5.82 Å². The minimum atomic E-state index is -4.69. The van der Waals surface area contributed by atoms with E-state index in [4.69, 9.17) is 0 Å². The Kier molecular flexibility index (Phi) is 4.92. The highest BCUT2D eigenvalue weighted by Gasteiger charge is 2.38. The first kappa shape index (κ1) is 19.9. The highest BCUT2D eigenvalue weighted by atomic mass is 19.4. The van der Waals surface area contributed by atoms with Crippen molar-refractivity contribution in [1.29, 1.82) is 0 Å². The average molecular weight is 420 g/mol. The Balaban J connectivity index is 1.39. The van der Waals surface area contributed by atoms with Gasteiger partial charge in [-0.2, -0.15) is 18.2 Å². The lowest BCUT2D eigenvalue weighted by Gasteiger charge is -2.45. The quantitative estimate of drug-likeness (QED) is 0.600. The highest BCUT2D eigenvalue weighted by molar-refractivity contribution is 5.95. The molecule has 0 bridgehead atoms. The molecule has 156 valence electrons. The zero-order valence-corrected chi connectivity index (χ0v) is 15.7. The number of aromatic nitrogens is 2. The van der Waals surface area contributed by atoms with Crippen LogP contribution in [0.5, 0.6) is 0 Å². The molecule has 1 aliphatic rings. The van der Waals surface area contributed by atoms with Gasteiger partial charge in [-0.15, -0.1) is 0 Å². The molecule has 1 saturated heterocycles. The summed E-state index contributed by atoms with van der Waals surface area (Å²) in [5.74, 6) is -2.45. The van der Waals surface area contributed by atoms with Crippen molar-refractivity contribution in [2.45, 2.75) is 12.2 Å². The van der Waals surface area contributed by atoms with Crippen molar-refractivity contribution in [3.05, 3.63) is 65.8 Å². The Hall–Kier alpha value is -3.43. The van der Waals surface area contributed by atoms with Crippen LogP contribution in [0.2, 0.25) is 0 Å². The van der Waals surface area contributed by atoms with Crippen molar-refractivity contribution in [1.82, 2.24) is 15.0 Å². The predicted octanol–water partition coefficient (Wildman–Crippen LogP) is 3.86. The number of alkyl halides is 3. The fraction of sp³-hybridized carbons (Fsp3) is 0.250. The lowest BCUT2D eigenvalue weighted by atomic mass is 10.0. The third kappa shape index (κ3) is 3.72. The van der Waals surface area contributed by atoms with Crippen LogP contribution in [0, 0.1) is 5.82 Å². The second-order valence-electron chi connectivity index (χ2n) is 6.92. The van der Waals surface area contributed by atoms with Crippen molar-refractivity contribution >= 4 is 11.6 Å². The van der Waals surface area contributed by atoms with Crippen LogP contribution in [-0.2, 0) is 6.18 Å². The number of rotatable bonds is 4. The van der Waals surface area contributed by atoms with Gasteiger partial charge in [0.05, 0.1) is 11.6 Å². The summed E-state index contributed by atoms with van der Waals surface area (Å²) < 4.78 is 55.8. The van der Waals surface area contributed by atoms with Crippen LogP contribution in [0.3, 0.4) is 0 Å². The number of halogens is 4. The molecule has 1 fully saturated rings. The molecule has 0 spiro atoms. The largest absolute Gasteiger partial charge is 0.471 e. The maximum Gasteiger partial charge on any atom is 0.471 e. The zero-order valence-electron chi connectivity index (χ0n) is 15.7. The zero-order chi connectivity index (χ0) is 21.5. The fourth-order valence-electron chi connectivity index (χ4n) is 3.18. The van der Waals surface area contributed by atoms with Gasteiger partial charge in [0.25, 0.3) is 5.91 Å². The Morgan fingerprint density at radius 3 is 2.40 bits per heavy atom. The summed E-state index contributed by atoms with van der Waals surface area (Å²) in [5, 5.41) is 3.36. The molecule has 1 aromatic heterocycles. The van der Waals surface area contributed by atoms with Crippen LogP contribution < -0.4 is 4.90 Å². The SMILES string of the molecule is CN(c1ccc(-c2noc(C(F)(F)F)n2)cc1)C1CN(C(=O)c2ccccc2F)C1. The Labute approximate surface area is 168 Å². The van der Waals surface area contributed by atoms with E-state index in [0.717, 1.165) is 5.69 Å². The Bertz CT molecular complexity index is 1060. The van der Waals surface area contributed by atoms with Gasteiger partial charge < -0.3 is 14.3 Å². The van der Waals surface area contributed by atoms with Gasteiger partial charge in [0, 0.05) is 31.4 Å². The normalized spacial score (nSPS) is 14.5. The minimum Gasteiger partial charge on any atom is -0.368 e. The lowest BCUT2D eigenvalue weighted by Crippen LogP contribution is -2.60. The smallest absolute Gasteiger partial charge is 0.368 e. The van der Waals surface area contributed by atoms with E-state index in [2.05, 4.69) is 14.7 Å². The number of anilines is 1. The van der Waals surface area contributed by atoms with Crippen LogP contribution in [-0.4, -0.2) is 47.1 Å². The van der Waals surface area contributed by atoms with E-state index < -0.39 is 17.9 Å². The summed E-state index contributed by atoms with van der Waals surface area (Å²) in [7, 11) is 1.85. The number of benzene rings is 2. The van der Waals surface area contributed by atoms with Gasteiger partial charge in [0.1, 0.15) is 5.82 Å². The molecule has 0 unspecified atom stereocenters. The van der Waals surface area contributed by atoms with Crippen LogP contribution in [0.25, 0.3) is 11.4 Å². The minimum absolute atomic E-state index is 0.0357. The van der Waals surface area contributed by atoms with Crippen molar-refractivity contribution in [2.75, 3.05) is 25.0 Å². The molecule has 1 aliphatic heterocycles. The van der Waals surface area contributed by atoms with E-state index in [1.807, 2.05) is 11.9 Å². The molecular weight excluding hydrogens is 404 g/mol. The van der Waals surface area contributed by atoms with Crippen LogP contribution in [0.1, 0.15) is 16.2 Å². The number of hydrogen-bond acceptors (Lipinski definition) is 5. The third-order valence-electron chi connectivity index (χ3n) is 5.00. The molecule has 3 aromatic rings. The third-order valence-corrected chi connectivity index (χ3v) is 5.00. The lowest BCUT2D eigenvalue weighted by molar-refractivity contribution is -0.159. The molecule has 0 atom stereocenters. The molecule has 0 radical (unpaired) electrons. The second-order valence-corrected chi connectivity index (χ2v) is 6.92. The summed E-state index contributed by atoms with van der Waals surface area (Å²) in [6, 6.07) is 12.5. The van der Waals surface area contributed by atoms with Gasteiger partial charge in [0.15, 0.2) is 0 Å². The predicted molar refractivity (Wildman–Crippen MR) is 99.2 cm³/mol. The molecule has 4 rings (SSSR count). The first-order valence-electron chi connectivity index (χ1n) is 9.02. The summed E-state index contributed by atoms with van der Waals surface area (Å²) in [4.78, 5) is 19.3. The fourth-order valence-corrected chi connectivity index (χ4v) is 3.18. The molecule has 30 heavy (non-hydrogen) atoms. The summed E-state index contributed by atoms with van der Waals surface area (Å²) in [6.45, 7) is 0.871. The molecule has 6 nitrogen and oxygen atoms in total. The molecular formula is C20H16F4N4O2. The van der Waals surface area contributed by atoms with Crippen LogP contribution in [0.4, 0.5) is 23.2 Å². The standard InChI is InChI=1S/C20H16F4N4O2/c1-27(14-10-28(11-14)18(29)15-4-2-3-5-16(15)21)13-8-6-12(7-9-13)17-25-19(30-26-17)20(22,23)24/h2-9,14H,10-11H2,1H3. The first-order valence-corrected chi connectivity index (χ1v) is 9.02. The van der Waals surface area contributed by atoms with E-state index in [0.29, 0.717) is 18.7 Å². The maximum absolute atomic E-state index is 13.8. The summed E-state index contributed by atoms with van der Waals surface area (Å²) >= 11 is 0. The highest BCUT2D eigenvalue weighted by Crippen LogP contribution is 2.30. The van der Waals surface area contributed by atoms with E-state index in [-0.39, 0.29) is 23.3 Å². The van der Waals surface area contributed by atoms with Crippen LogP contribution >= 0.6 is 0 Å². The molecule has 1 amide bonds. The van der Waals surface area contributed by atoms with E-state index in [1.54, 1.807) is 35.2 Å². The number of likely N-dealkylation sites (N-methyl/N-ethyl adjacent to an activating group) is 1. The van der Waals surface area contributed by atoms with Gasteiger partial charge in [-0.3, -0.25) is 4.79 Å². The van der Waals surface area contributed by atoms with Crippen molar-refractivity contribution in [2.24, 2.45) is 0 Å². The summed E-state index contributed by atoms with van der Waals surface area (Å²) in [5.41, 5.74) is 1.24. The van der Waals surface area contributed by atoms with Gasteiger partial charge >= 0.3 is 12.1 Å². The number of likely N-dealkylation sites (tertiary alicyclic amines) is 1. The van der Waals surface area contributed by atoms with Gasteiger partial charge in [-0.25, -0.2) is 4.39 Å². The van der Waals surface area contributed by atoms with E-state index in [9.17, 15) is 22.4 Å². The van der Waals surface area contributed by atoms with Gasteiger partial charge in [-0.05, 0) is 36.4 Å². The second kappa shape index (κ2) is 7.43. The number of hydrogen-bond donors (Lipinski definition) is 0. The molecule has 0 saturated carbocycles. The number of amides is 1. The van der Waals surface area contributed by atoms with Crippen molar-refractivity contribution in [3.8, 4) is 11.4 Å². The monoisotopic (exact) mass is 420 g/mol. The Morgan fingerprint density at radius 1 is 1.13 bits per heavy atom. The molecule has 2 heterocycles. The molecule has 10 heteroatoms. The first-order chi connectivity index (χ1) is 14.2. The average Bonchev–Trinajstić information content (AvgIpc) is 3.18. The molecule has 0 aliphatic carbocycles. The number of carbonyl (C=O) groups excluding carboxylic acids is 1. The van der Waals surface area contributed by atoms with Gasteiger partial charge in [-0.1, -0.05) is 17.3 Å². The van der Waals surface area contributed by atoms with E-state index in [1.165, 1.54) is 18.2 Å². The molecule has 0 N–H and O–H groups in total. The number of nitrogens with zero attached hydrogens (tertiary/aromatic N) is 4. The van der Waals surface area contributed by atoms with Crippen molar-refractivity contribution in [3.63, 3.8) is 0 Å².